The minimum Gasteiger partial charge on any atom is -0.454 e. The fraction of sp³-hybridized carbons (Fsp3) is 0.0500. The summed E-state index contributed by atoms with van der Waals surface area (Å²) in [5.41, 5.74) is 1.64. The average Bonchev–Trinajstić information content (AvgIpc) is 3.35. The molecule has 8 heteroatoms. The van der Waals surface area contributed by atoms with Crippen molar-refractivity contribution < 1.29 is 14.3 Å². The van der Waals surface area contributed by atoms with Crippen LogP contribution in [0, 0.1) is 0 Å². The molecule has 1 aliphatic heterocycles. The molecule has 0 fully saturated rings. The van der Waals surface area contributed by atoms with E-state index in [9.17, 15) is 9.59 Å². The van der Waals surface area contributed by atoms with E-state index in [1.54, 1.807) is 18.2 Å². The van der Waals surface area contributed by atoms with E-state index in [1.807, 2.05) is 35.7 Å². The van der Waals surface area contributed by atoms with E-state index in [4.69, 9.17) is 9.47 Å². The van der Waals surface area contributed by atoms with Gasteiger partial charge in [-0.25, -0.2) is 4.98 Å². The normalized spacial score (nSPS) is 12.3. The lowest BCUT2D eigenvalue weighted by Crippen LogP contribution is -2.26. The molecule has 4 aromatic rings. The number of aromatic nitrogens is 2. The second-order valence-corrected chi connectivity index (χ2v) is 6.94. The molecule has 1 aliphatic rings. The highest BCUT2D eigenvalue weighted by Gasteiger charge is 2.19. The maximum absolute atomic E-state index is 13.0. The van der Waals surface area contributed by atoms with Crippen molar-refractivity contribution in [2.75, 3.05) is 12.1 Å². The first-order chi connectivity index (χ1) is 13.7. The summed E-state index contributed by atoms with van der Waals surface area (Å²) in [6.45, 7) is 0.148. The molecule has 2 aromatic heterocycles. The van der Waals surface area contributed by atoms with Crippen LogP contribution in [-0.2, 0) is 0 Å². The monoisotopic (exact) mass is 391 g/mol. The number of benzene rings is 2. The van der Waals surface area contributed by atoms with Crippen LogP contribution in [0.1, 0.15) is 10.4 Å². The van der Waals surface area contributed by atoms with Crippen LogP contribution in [0.3, 0.4) is 0 Å². The molecule has 2 aromatic carbocycles. The largest absolute Gasteiger partial charge is 0.454 e. The van der Waals surface area contributed by atoms with Crippen molar-refractivity contribution in [2.24, 2.45) is 0 Å². The molecule has 0 spiro atoms. The zero-order valence-electron chi connectivity index (χ0n) is 14.4. The lowest BCUT2D eigenvalue weighted by atomic mass is 10.2. The number of nitrogens with zero attached hydrogens (tertiary/aromatic N) is 2. The van der Waals surface area contributed by atoms with Crippen LogP contribution in [0.15, 0.2) is 64.9 Å². The van der Waals surface area contributed by atoms with Gasteiger partial charge >= 0.3 is 0 Å². The van der Waals surface area contributed by atoms with E-state index < -0.39 is 11.5 Å². The number of nitrogens with one attached hydrogen (secondary N) is 1. The molecule has 5 rings (SSSR count). The van der Waals surface area contributed by atoms with Crippen LogP contribution < -0.4 is 20.3 Å². The molecular weight excluding hydrogens is 378 g/mol. The molecule has 3 heterocycles. The molecule has 0 bridgehead atoms. The van der Waals surface area contributed by atoms with Crippen molar-refractivity contribution >= 4 is 27.9 Å². The van der Waals surface area contributed by atoms with E-state index in [2.05, 4.69) is 10.3 Å². The van der Waals surface area contributed by atoms with Gasteiger partial charge in [0.15, 0.2) is 16.5 Å². The molecule has 28 heavy (non-hydrogen) atoms. The third-order valence-corrected chi connectivity index (χ3v) is 5.23. The number of amides is 1. The number of thiazole rings is 1. The Hall–Kier alpha value is -3.65. The van der Waals surface area contributed by atoms with Crippen molar-refractivity contribution in [1.29, 1.82) is 0 Å². The highest BCUT2D eigenvalue weighted by Crippen LogP contribution is 2.34. The van der Waals surface area contributed by atoms with Gasteiger partial charge in [-0.2, -0.15) is 0 Å². The Morgan fingerprint density at radius 2 is 1.93 bits per heavy atom. The topological polar surface area (TPSA) is 81.9 Å². The third kappa shape index (κ3) is 2.71. The molecule has 0 saturated heterocycles. The van der Waals surface area contributed by atoms with E-state index in [0.29, 0.717) is 27.8 Å². The Kier molecular flexibility index (Phi) is 3.84. The number of ether oxygens (including phenoxy) is 2. The predicted molar refractivity (Wildman–Crippen MR) is 105 cm³/mol. The molecule has 1 amide bonds. The molecule has 0 unspecified atom stereocenters. The predicted octanol–water partition coefficient (Wildman–Crippen LogP) is 3.40. The highest BCUT2D eigenvalue weighted by atomic mass is 32.1. The molecule has 138 valence electrons. The van der Waals surface area contributed by atoms with Crippen molar-refractivity contribution in [2.45, 2.75) is 0 Å². The number of carbonyl (C=O) groups is 1. The number of hydrogen-bond acceptors (Lipinski definition) is 6. The fourth-order valence-corrected chi connectivity index (χ4v) is 3.89. The highest BCUT2D eigenvalue weighted by molar-refractivity contribution is 7.15. The van der Waals surface area contributed by atoms with Crippen LogP contribution in [0.4, 0.5) is 5.69 Å². The number of rotatable bonds is 3. The van der Waals surface area contributed by atoms with Crippen molar-refractivity contribution in [3.05, 3.63) is 76.0 Å². The first-order valence-corrected chi connectivity index (χ1v) is 9.34. The second-order valence-electron chi connectivity index (χ2n) is 6.10. The van der Waals surface area contributed by atoms with E-state index in [1.165, 1.54) is 21.9 Å². The average molecular weight is 391 g/mol. The van der Waals surface area contributed by atoms with Gasteiger partial charge in [-0.05, 0) is 17.7 Å². The van der Waals surface area contributed by atoms with E-state index in [-0.39, 0.29) is 12.4 Å². The maximum Gasteiger partial charge on any atom is 0.271 e. The summed E-state index contributed by atoms with van der Waals surface area (Å²) in [5, 5.41) is 4.58. The lowest BCUT2D eigenvalue weighted by molar-refractivity contribution is 0.102. The molecule has 7 nitrogen and oxygen atoms in total. The lowest BCUT2D eigenvalue weighted by Gasteiger charge is -2.07. The van der Waals surface area contributed by atoms with Crippen LogP contribution in [-0.4, -0.2) is 22.1 Å². The Balaban J connectivity index is 1.53. The van der Waals surface area contributed by atoms with Gasteiger partial charge < -0.3 is 14.8 Å². The first kappa shape index (κ1) is 16.5. The Morgan fingerprint density at radius 3 is 2.79 bits per heavy atom. The summed E-state index contributed by atoms with van der Waals surface area (Å²) in [5.74, 6) is 0.634. The van der Waals surface area contributed by atoms with Gasteiger partial charge in [-0.15, -0.1) is 11.3 Å². The zero-order valence-corrected chi connectivity index (χ0v) is 15.2. The number of anilines is 1. The van der Waals surface area contributed by atoms with Gasteiger partial charge in [0.05, 0.1) is 5.69 Å². The number of hydrogen-bond donors (Lipinski definition) is 1. The number of carbonyl (C=O) groups excluding carboxylic acids is 1. The Bertz CT molecular complexity index is 1260. The van der Waals surface area contributed by atoms with Gasteiger partial charge in [0.25, 0.3) is 11.5 Å². The van der Waals surface area contributed by atoms with Crippen molar-refractivity contribution in [3.63, 3.8) is 0 Å². The smallest absolute Gasteiger partial charge is 0.271 e. The van der Waals surface area contributed by atoms with E-state index in [0.717, 1.165) is 5.56 Å². The Labute approximate surface area is 162 Å². The minimum atomic E-state index is -0.532. The summed E-state index contributed by atoms with van der Waals surface area (Å²) < 4.78 is 12.0. The zero-order chi connectivity index (χ0) is 19.1. The van der Waals surface area contributed by atoms with Gasteiger partial charge in [-0.1, -0.05) is 30.3 Å². The van der Waals surface area contributed by atoms with Crippen molar-refractivity contribution in [3.8, 4) is 22.8 Å². The summed E-state index contributed by atoms with van der Waals surface area (Å²) >= 11 is 1.35. The van der Waals surface area contributed by atoms with Crippen LogP contribution in [0.25, 0.3) is 16.2 Å². The molecule has 1 N–H and O–H groups in total. The fourth-order valence-electron chi connectivity index (χ4n) is 3.03. The molecule has 0 saturated carbocycles. The van der Waals surface area contributed by atoms with Gasteiger partial charge in [0.1, 0.15) is 5.56 Å². The molecule has 0 radical (unpaired) electrons. The Morgan fingerprint density at radius 1 is 1.11 bits per heavy atom. The van der Waals surface area contributed by atoms with Crippen LogP contribution in [0.2, 0.25) is 0 Å². The standard InChI is InChI=1S/C20H13N3O4S/c24-18(22-13-6-7-16-17(8-13)27-11-26-16)14-9-21-20-23(19(14)25)15(10-28-20)12-4-2-1-3-5-12/h1-10H,11H2,(H,22,24). The van der Waals surface area contributed by atoms with Gasteiger partial charge in [-0.3, -0.25) is 14.0 Å². The summed E-state index contributed by atoms with van der Waals surface area (Å²) in [7, 11) is 0. The van der Waals surface area contributed by atoms with Crippen LogP contribution in [0.5, 0.6) is 11.5 Å². The second kappa shape index (κ2) is 6.50. The third-order valence-electron chi connectivity index (χ3n) is 4.39. The first-order valence-electron chi connectivity index (χ1n) is 8.46. The van der Waals surface area contributed by atoms with Crippen molar-refractivity contribution in [1.82, 2.24) is 9.38 Å². The maximum atomic E-state index is 13.0. The molecule has 0 aliphatic carbocycles. The summed E-state index contributed by atoms with van der Waals surface area (Å²) in [6, 6.07) is 14.6. The quantitative estimate of drug-likeness (QED) is 0.579. The van der Waals surface area contributed by atoms with Gasteiger partial charge in [0, 0.05) is 23.3 Å². The summed E-state index contributed by atoms with van der Waals surface area (Å²) in [6.07, 6.45) is 1.31. The van der Waals surface area contributed by atoms with Crippen LogP contribution >= 0.6 is 11.3 Å². The summed E-state index contributed by atoms with van der Waals surface area (Å²) in [4.78, 5) is 30.6. The SMILES string of the molecule is O=C(Nc1ccc2c(c1)OCO2)c1cnc2scc(-c3ccccc3)n2c1=O. The van der Waals surface area contributed by atoms with E-state index >= 15 is 0 Å². The molecular formula is C20H13N3O4S. The molecule has 0 atom stereocenters. The van der Waals surface area contributed by atoms with Gasteiger partial charge in [0.2, 0.25) is 6.79 Å². The number of fused-ring (bicyclic) bond motifs is 2. The minimum absolute atomic E-state index is 0.0363.